The highest BCUT2D eigenvalue weighted by Crippen LogP contribution is 2.23. The number of ether oxygens (including phenoxy) is 2. The van der Waals surface area contributed by atoms with Crippen molar-refractivity contribution in [2.45, 2.75) is 52.2 Å². The molecule has 2 fully saturated rings. The summed E-state index contributed by atoms with van der Waals surface area (Å²) in [6, 6.07) is 8.57. The minimum absolute atomic E-state index is 0.0954. The molecule has 2 saturated heterocycles. The summed E-state index contributed by atoms with van der Waals surface area (Å²) in [5.74, 6) is -0.682. The molecule has 7 heteroatoms. The highest BCUT2D eigenvalue weighted by molar-refractivity contribution is 6.00. The van der Waals surface area contributed by atoms with Crippen LogP contribution in [0.1, 0.15) is 57.8 Å². The summed E-state index contributed by atoms with van der Waals surface area (Å²) in [6.07, 6.45) is 3.69. The fraction of sp³-hybridized carbons (Fsp3) is 0.458. The van der Waals surface area contributed by atoms with E-state index in [1.165, 1.54) is 0 Å². The van der Waals surface area contributed by atoms with E-state index in [1.54, 1.807) is 29.2 Å². The topological polar surface area (TPSA) is 77.8 Å². The van der Waals surface area contributed by atoms with Crippen molar-refractivity contribution in [2.75, 3.05) is 24.7 Å². The van der Waals surface area contributed by atoms with Crippen molar-refractivity contribution >= 4 is 23.3 Å². The van der Waals surface area contributed by atoms with Crippen molar-refractivity contribution in [3.63, 3.8) is 0 Å². The Morgan fingerprint density at radius 2 is 1.94 bits per heavy atom. The molecular formula is C24H28N2O5. The number of benzene rings is 1. The Balaban J connectivity index is 1.36. The number of hydrogen-bond donors (Lipinski definition) is 0. The maximum Gasteiger partial charge on any atom is 0.338 e. The largest absolute Gasteiger partial charge is 0.454 e. The van der Waals surface area contributed by atoms with Crippen LogP contribution in [0.4, 0.5) is 5.69 Å². The maximum atomic E-state index is 12.7. The molecule has 0 unspecified atom stereocenters. The lowest BCUT2D eigenvalue weighted by Gasteiger charge is -2.15. The molecule has 0 spiro atoms. The average molecular weight is 424 g/mol. The molecule has 0 bridgehead atoms. The van der Waals surface area contributed by atoms with Gasteiger partial charge in [0.25, 0.3) is 0 Å². The summed E-state index contributed by atoms with van der Waals surface area (Å²) in [7, 11) is 0. The van der Waals surface area contributed by atoms with Crippen LogP contribution in [0.3, 0.4) is 0 Å². The molecule has 1 aromatic carbocycles. The van der Waals surface area contributed by atoms with Crippen LogP contribution in [0.2, 0.25) is 0 Å². The molecule has 1 aromatic heterocycles. The van der Waals surface area contributed by atoms with Gasteiger partial charge in [-0.3, -0.25) is 9.59 Å². The zero-order chi connectivity index (χ0) is 22.0. The van der Waals surface area contributed by atoms with E-state index in [-0.39, 0.29) is 24.4 Å². The van der Waals surface area contributed by atoms with Crippen LogP contribution >= 0.6 is 0 Å². The van der Waals surface area contributed by atoms with Crippen LogP contribution in [0.25, 0.3) is 0 Å². The van der Waals surface area contributed by atoms with Gasteiger partial charge in [-0.1, -0.05) is 0 Å². The molecule has 2 aliphatic heterocycles. The van der Waals surface area contributed by atoms with Crippen LogP contribution < -0.4 is 4.90 Å². The number of esters is 1. The molecule has 0 aliphatic carbocycles. The van der Waals surface area contributed by atoms with Gasteiger partial charge in [0.15, 0.2) is 6.61 Å². The highest BCUT2D eigenvalue weighted by Gasteiger charge is 2.23. The van der Waals surface area contributed by atoms with Gasteiger partial charge in [-0.05, 0) is 63.4 Å². The lowest BCUT2D eigenvalue weighted by atomic mass is 10.1. The van der Waals surface area contributed by atoms with Crippen molar-refractivity contribution in [1.29, 1.82) is 0 Å². The van der Waals surface area contributed by atoms with Gasteiger partial charge < -0.3 is 18.9 Å². The van der Waals surface area contributed by atoms with E-state index in [0.717, 1.165) is 49.5 Å². The summed E-state index contributed by atoms with van der Waals surface area (Å²) in [5.41, 5.74) is 3.57. The molecule has 1 atom stereocenters. The highest BCUT2D eigenvalue weighted by atomic mass is 16.5. The number of carbonyl (C=O) groups excluding carboxylic acids is 3. The molecule has 2 aliphatic rings. The van der Waals surface area contributed by atoms with Crippen molar-refractivity contribution in [1.82, 2.24) is 4.57 Å². The van der Waals surface area contributed by atoms with Gasteiger partial charge >= 0.3 is 5.97 Å². The zero-order valence-electron chi connectivity index (χ0n) is 18.1. The van der Waals surface area contributed by atoms with E-state index in [2.05, 4.69) is 4.57 Å². The predicted molar refractivity (Wildman–Crippen MR) is 116 cm³/mol. The summed E-state index contributed by atoms with van der Waals surface area (Å²) >= 11 is 0. The van der Waals surface area contributed by atoms with Gasteiger partial charge in [0.1, 0.15) is 0 Å². The van der Waals surface area contributed by atoms with E-state index >= 15 is 0 Å². The number of aromatic nitrogens is 1. The third kappa shape index (κ3) is 4.56. The number of Topliss-reactive ketones (excluding diaryl/α,β-unsaturated/α-hetero) is 1. The number of nitrogens with zero attached hydrogens (tertiary/aromatic N) is 2. The molecule has 1 amide bonds. The van der Waals surface area contributed by atoms with Gasteiger partial charge in [-0.15, -0.1) is 0 Å². The summed E-state index contributed by atoms with van der Waals surface area (Å²) in [4.78, 5) is 38.6. The number of rotatable bonds is 7. The summed E-state index contributed by atoms with van der Waals surface area (Å²) in [5, 5.41) is 0. The first-order valence-electron chi connectivity index (χ1n) is 10.8. The molecule has 0 saturated carbocycles. The first kappa shape index (κ1) is 21.3. The molecular weight excluding hydrogens is 396 g/mol. The SMILES string of the molecule is Cc1cc(C(=O)COC(=O)c2ccc(N3CCCC3=O)cc2)c(C)n1C[C@H]1CCCO1. The van der Waals surface area contributed by atoms with Crippen molar-refractivity contribution in [2.24, 2.45) is 0 Å². The van der Waals surface area contributed by atoms with E-state index in [0.29, 0.717) is 24.1 Å². The molecule has 4 rings (SSSR count). The molecule has 3 heterocycles. The molecule has 2 aromatic rings. The monoisotopic (exact) mass is 424 g/mol. The first-order valence-corrected chi connectivity index (χ1v) is 10.8. The summed E-state index contributed by atoms with van der Waals surface area (Å²) in [6.45, 7) is 5.79. The second-order valence-electron chi connectivity index (χ2n) is 8.23. The van der Waals surface area contributed by atoms with Gasteiger partial charge in [0, 0.05) is 48.8 Å². The number of carbonyl (C=O) groups is 3. The molecule has 31 heavy (non-hydrogen) atoms. The quantitative estimate of drug-likeness (QED) is 0.503. The van der Waals surface area contributed by atoms with Crippen LogP contribution in [-0.2, 0) is 20.8 Å². The zero-order valence-corrected chi connectivity index (χ0v) is 18.1. The second-order valence-corrected chi connectivity index (χ2v) is 8.23. The Morgan fingerprint density at radius 1 is 1.16 bits per heavy atom. The van der Waals surface area contributed by atoms with E-state index < -0.39 is 5.97 Å². The minimum atomic E-state index is -0.555. The Labute approximate surface area is 181 Å². The number of aryl methyl sites for hydroxylation is 1. The lowest BCUT2D eigenvalue weighted by Crippen LogP contribution is -2.23. The number of ketones is 1. The smallest absolute Gasteiger partial charge is 0.338 e. The van der Waals surface area contributed by atoms with Crippen molar-refractivity contribution in [3.8, 4) is 0 Å². The van der Waals surface area contributed by atoms with Gasteiger partial charge in [-0.25, -0.2) is 4.79 Å². The number of anilines is 1. The molecule has 0 N–H and O–H groups in total. The van der Waals surface area contributed by atoms with Crippen molar-refractivity contribution in [3.05, 3.63) is 52.8 Å². The van der Waals surface area contributed by atoms with E-state index in [4.69, 9.17) is 9.47 Å². The third-order valence-electron chi connectivity index (χ3n) is 6.11. The van der Waals surface area contributed by atoms with Crippen LogP contribution in [0.5, 0.6) is 0 Å². The Kier molecular flexibility index (Phi) is 6.23. The van der Waals surface area contributed by atoms with Crippen LogP contribution in [0, 0.1) is 13.8 Å². The Hall–Kier alpha value is -2.93. The van der Waals surface area contributed by atoms with Crippen molar-refractivity contribution < 1.29 is 23.9 Å². The maximum absolute atomic E-state index is 12.7. The fourth-order valence-corrected chi connectivity index (χ4v) is 4.35. The normalized spacial score (nSPS) is 18.6. The Morgan fingerprint density at radius 3 is 2.58 bits per heavy atom. The van der Waals surface area contributed by atoms with Gasteiger partial charge in [-0.2, -0.15) is 0 Å². The van der Waals surface area contributed by atoms with Crippen LogP contribution in [-0.4, -0.2) is 48.1 Å². The summed E-state index contributed by atoms with van der Waals surface area (Å²) < 4.78 is 13.1. The number of amides is 1. The fourth-order valence-electron chi connectivity index (χ4n) is 4.35. The minimum Gasteiger partial charge on any atom is -0.454 e. The second kappa shape index (κ2) is 9.06. The molecule has 0 radical (unpaired) electrons. The molecule has 164 valence electrons. The average Bonchev–Trinajstić information content (AvgIpc) is 3.50. The third-order valence-corrected chi connectivity index (χ3v) is 6.11. The van der Waals surface area contributed by atoms with Crippen LogP contribution in [0.15, 0.2) is 30.3 Å². The standard InChI is InChI=1S/C24H28N2O5/c1-16-13-21(17(2)26(16)14-20-5-4-12-30-20)22(27)15-31-24(29)18-7-9-19(10-8-18)25-11-3-6-23(25)28/h7-10,13,20H,3-6,11-12,14-15H2,1-2H3/t20-/m1/s1. The van der Waals surface area contributed by atoms with E-state index in [9.17, 15) is 14.4 Å². The lowest BCUT2D eigenvalue weighted by molar-refractivity contribution is -0.117. The van der Waals surface area contributed by atoms with Gasteiger partial charge in [0.2, 0.25) is 11.7 Å². The van der Waals surface area contributed by atoms with Gasteiger partial charge in [0.05, 0.1) is 11.7 Å². The predicted octanol–water partition coefficient (Wildman–Crippen LogP) is 3.45. The first-order chi connectivity index (χ1) is 14.9. The molecule has 7 nitrogen and oxygen atoms in total. The van der Waals surface area contributed by atoms with E-state index in [1.807, 2.05) is 19.9 Å². The number of hydrogen-bond acceptors (Lipinski definition) is 5. The Bertz CT molecular complexity index is 986.